The van der Waals surface area contributed by atoms with Crippen LogP contribution in [0, 0.1) is 5.92 Å². The summed E-state index contributed by atoms with van der Waals surface area (Å²) in [7, 11) is 0. The second-order valence-corrected chi connectivity index (χ2v) is 9.15. The van der Waals surface area contributed by atoms with Crippen LogP contribution in [0.15, 0.2) is 35.6 Å². The lowest BCUT2D eigenvalue weighted by atomic mass is 9.82. The first-order valence-electron chi connectivity index (χ1n) is 11.4. The number of carbonyl (C=O) groups excluding carboxylic acids is 2. The zero-order valence-corrected chi connectivity index (χ0v) is 18.0. The van der Waals surface area contributed by atoms with E-state index in [1.165, 1.54) is 44.0 Å². The minimum absolute atomic E-state index is 0.00386. The van der Waals surface area contributed by atoms with E-state index in [0.29, 0.717) is 30.9 Å². The van der Waals surface area contributed by atoms with Crippen molar-refractivity contribution < 1.29 is 9.59 Å². The normalized spacial score (nSPS) is 22.7. The average molecular weight is 437 g/mol. The number of urea groups is 1. The average Bonchev–Trinajstić information content (AvgIpc) is 2.82. The molecule has 168 valence electrons. The summed E-state index contributed by atoms with van der Waals surface area (Å²) >= 11 is 0. The van der Waals surface area contributed by atoms with E-state index in [2.05, 4.69) is 20.6 Å². The van der Waals surface area contributed by atoms with Crippen LogP contribution in [0.2, 0.25) is 0 Å². The van der Waals surface area contributed by atoms with Crippen LogP contribution in [-0.4, -0.2) is 50.5 Å². The van der Waals surface area contributed by atoms with Crippen molar-refractivity contribution in [1.29, 1.82) is 0 Å². The first kappa shape index (κ1) is 20.7. The molecule has 2 bridgehead atoms. The van der Waals surface area contributed by atoms with Gasteiger partial charge in [-0.15, -0.1) is 0 Å². The van der Waals surface area contributed by atoms with Crippen molar-refractivity contribution in [2.75, 3.05) is 18.4 Å². The van der Waals surface area contributed by atoms with Crippen LogP contribution in [0.3, 0.4) is 0 Å². The number of carbonyl (C=O) groups is 2. The maximum absolute atomic E-state index is 13.0. The molecule has 4 heterocycles. The van der Waals surface area contributed by atoms with Gasteiger partial charge < -0.3 is 20.1 Å². The van der Waals surface area contributed by atoms with E-state index in [4.69, 9.17) is 0 Å². The molecule has 0 spiro atoms. The number of nitrogens with zero attached hydrogens (tertiary/aromatic N) is 4. The van der Waals surface area contributed by atoms with Gasteiger partial charge >= 0.3 is 6.03 Å². The van der Waals surface area contributed by atoms with Crippen LogP contribution < -0.4 is 16.2 Å². The summed E-state index contributed by atoms with van der Waals surface area (Å²) in [6.45, 7) is 1.74. The summed E-state index contributed by atoms with van der Waals surface area (Å²) in [5.41, 5.74) is 1.68. The Morgan fingerprint density at radius 3 is 2.56 bits per heavy atom. The lowest BCUT2D eigenvalue weighted by Gasteiger charge is -2.43. The molecular formula is C23H28N6O3. The molecule has 2 atom stereocenters. The van der Waals surface area contributed by atoms with E-state index in [0.717, 1.165) is 25.0 Å². The van der Waals surface area contributed by atoms with Gasteiger partial charge in [-0.2, -0.15) is 0 Å². The van der Waals surface area contributed by atoms with Crippen LogP contribution in [-0.2, 0) is 6.54 Å². The molecule has 2 N–H and O–H groups in total. The molecule has 2 fully saturated rings. The highest BCUT2D eigenvalue weighted by Crippen LogP contribution is 2.38. The fourth-order valence-corrected chi connectivity index (χ4v) is 5.41. The summed E-state index contributed by atoms with van der Waals surface area (Å²) < 4.78 is 1.77. The van der Waals surface area contributed by atoms with Crippen LogP contribution in [0.5, 0.6) is 0 Å². The van der Waals surface area contributed by atoms with E-state index in [9.17, 15) is 14.4 Å². The Labute approximate surface area is 186 Å². The number of rotatable bonds is 3. The van der Waals surface area contributed by atoms with Gasteiger partial charge in [-0.05, 0) is 31.2 Å². The van der Waals surface area contributed by atoms with Gasteiger partial charge in [-0.1, -0.05) is 19.3 Å². The van der Waals surface area contributed by atoms with Crippen molar-refractivity contribution in [3.05, 3.63) is 52.5 Å². The predicted octanol–water partition coefficient (Wildman–Crippen LogP) is 2.35. The molecule has 1 saturated carbocycles. The number of aromatic nitrogens is 3. The van der Waals surface area contributed by atoms with Crippen molar-refractivity contribution >= 4 is 17.6 Å². The van der Waals surface area contributed by atoms with Gasteiger partial charge in [0, 0.05) is 55.7 Å². The largest absolute Gasteiger partial charge is 0.335 e. The molecule has 3 amide bonds. The minimum Gasteiger partial charge on any atom is -0.335 e. The molecule has 0 unspecified atom stereocenters. The second-order valence-electron chi connectivity index (χ2n) is 9.15. The highest BCUT2D eigenvalue weighted by Gasteiger charge is 2.38. The Bertz CT molecular complexity index is 1060. The third-order valence-electron chi connectivity index (χ3n) is 6.88. The molecule has 2 aliphatic heterocycles. The highest BCUT2D eigenvalue weighted by atomic mass is 16.2. The molecule has 1 saturated heterocycles. The van der Waals surface area contributed by atoms with Gasteiger partial charge in [-0.25, -0.2) is 14.8 Å². The topological polar surface area (TPSA) is 109 Å². The number of fused-ring (bicyclic) bond motifs is 4. The molecule has 0 aromatic carbocycles. The Balaban J connectivity index is 1.37. The number of likely N-dealkylation sites (tertiary alicyclic amines) is 1. The monoisotopic (exact) mass is 436 g/mol. The number of piperidine rings is 1. The maximum Gasteiger partial charge on any atom is 0.317 e. The van der Waals surface area contributed by atoms with Gasteiger partial charge in [0.25, 0.3) is 11.5 Å². The molecular weight excluding hydrogens is 408 g/mol. The second kappa shape index (κ2) is 8.72. The molecule has 2 aromatic rings. The van der Waals surface area contributed by atoms with Crippen LogP contribution in [0.25, 0.3) is 0 Å². The van der Waals surface area contributed by atoms with Gasteiger partial charge in [0.15, 0.2) is 0 Å². The molecule has 9 nitrogen and oxygen atoms in total. The fourth-order valence-electron chi connectivity index (χ4n) is 5.41. The van der Waals surface area contributed by atoms with Gasteiger partial charge in [-0.3, -0.25) is 9.59 Å². The Hall–Kier alpha value is -3.23. The number of amides is 3. The highest BCUT2D eigenvalue weighted by molar-refractivity contribution is 6.04. The Morgan fingerprint density at radius 1 is 1.00 bits per heavy atom. The Kier molecular flexibility index (Phi) is 5.63. The third-order valence-corrected chi connectivity index (χ3v) is 6.88. The molecule has 1 aliphatic carbocycles. The quantitative estimate of drug-likeness (QED) is 0.768. The standard InChI is InChI=1S/C23H28N6O3/c30-20-7-6-19(27-22(31)17-9-24-14-25-10-17)21-16-8-15(12-29(20)21)11-28(13-16)23(32)26-18-4-2-1-3-5-18/h6-7,9-10,14-16,18H,1-5,8,11-13H2,(H,26,32)(H,27,31)/t15-,16+/m0/s1. The SMILES string of the molecule is O=C(Nc1ccc(=O)n2c1[C@@H]1C[C@@H](CN(C(=O)NC3CCCCC3)C1)C2)c1cncnc1. The van der Waals surface area contributed by atoms with Crippen molar-refractivity contribution in [1.82, 2.24) is 24.8 Å². The summed E-state index contributed by atoms with van der Waals surface area (Å²) in [6.07, 6.45) is 10.9. The number of nitrogens with one attached hydrogen (secondary N) is 2. The van der Waals surface area contributed by atoms with Gasteiger partial charge in [0.1, 0.15) is 6.33 Å². The smallest absolute Gasteiger partial charge is 0.317 e. The van der Waals surface area contributed by atoms with Crippen molar-refractivity contribution in [3.63, 3.8) is 0 Å². The van der Waals surface area contributed by atoms with E-state index in [1.54, 1.807) is 10.6 Å². The summed E-state index contributed by atoms with van der Waals surface area (Å²) in [5.74, 6) is -0.0998. The summed E-state index contributed by atoms with van der Waals surface area (Å²) in [4.78, 5) is 48.0. The fraction of sp³-hybridized carbons (Fsp3) is 0.522. The van der Waals surface area contributed by atoms with Crippen molar-refractivity contribution in [2.45, 2.75) is 57.0 Å². The molecule has 32 heavy (non-hydrogen) atoms. The lowest BCUT2D eigenvalue weighted by Crippen LogP contribution is -2.53. The number of hydrogen-bond acceptors (Lipinski definition) is 5. The summed E-state index contributed by atoms with van der Waals surface area (Å²) in [5, 5.41) is 6.15. The van der Waals surface area contributed by atoms with E-state index >= 15 is 0 Å². The maximum atomic E-state index is 13.0. The zero-order valence-electron chi connectivity index (χ0n) is 18.0. The zero-order chi connectivity index (χ0) is 22.1. The molecule has 3 aliphatic rings. The minimum atomic E-state index is -0.322. The van der Waals surface area contributed by atoms with Crippen LogP contribution >= 0.6 is 0 Å². The van der Waals surface area contributed by atoms with E-state index in [1.807, 2.05) is 4.90 Å². The van der Waals surface area contributed by atoms with Crippen molar-refractivity contribution in [2.24, 2.45) is 5.92 Å². The predicted molar refractivity (Wildman–Crippen MR) is 119 cm³/mol. The number of pyridine rings is 1. The number of anilines is 1. The van der Waals surface area contributed by atoms with Crippen LogP contribution in [0.4, 0.5) is 10.5 Å². The molecule has 5 rings (SSSR count). The summed E-state index contributed by atoms with van der Waals surface area (Å²) in [6, 6.07) is 3.41. The molecule has 0 radical (unpaired) electrons. The number of hydrogen-bond donors (Lipinski definition) is 2. The lowest BCUT2D eigenvalue weighted by molar-refractivity contribution is 0.102. The van der Waals surface area contributed by atoms with Crippen LogP contribution in [0.1, 0.15) is 60.5 Å². The van der Waals surface area contributed by atoms with E-state index in [-0.39, 0.29) is 35.4 Å². The first-order chi connectivity index (χ1) is 15.6. The third kappa shape index (κ3) is 4.11. The Morgan fingerprint density at radius 2 is 1.78 bits per heavy atom. The molecule has 2 aromatic heterocycles. The van der Waals surface area contributed by atoms with Gasteiger partial charge in [0.05, 0.1) is 11.3 Å². The van der Waals surface area contributed by atoms with Gasteiger partial charge in [0.2, 0.25) is 0 Å². The van der Waals surface area contributed by atoms with Crippen molar-refractivity contribution in [3.8, 4) is 0 Å². The molecule has 9 heteroatoms. The van der Waals surface area contributed by atoms with E-state index < -0.39 is 0 Å². The first-order valence-corrected chi connectivity index (χ1v) is 11.4.